The number of methoxy groups -OCH3 is 1. The fourth-order valence-corrected chi connectivity index (χ4v) is 3.15. The second kappa shape index (κ2) is 6.61. The van der Waals surface area contributed by atoms with E-state index in [2.05, 4.69) is 0 Å². The van der Waals surface area contributed by atoms with Crippen LogP contribution in [0.4, 0.5) is 4.39 Å². The van der Waals surface area contributed by atoms with Crippen LogP contribution in [-0.4, -0.2) is 29.9 Å². The lowest BCUT2D eigenvalue weighted by Crippen LogP contribution is -2.49. The van der Waals surface area contributed by atoms with Crippen LogP contribution in [0, 0.1) is 5.82 Å². The van der Waals surface area contributed by atoms with Gasteiger partial charge in [-0.2, -0.15) is 0 Å². The van der Waals surface area contributed by atoms with Gasteiger partial charge in [-0.15, -0.1) is 0 Å². The van der Waals surface area contributed by atoms with Crippen LogP contribution in [0.3, 0.4) is 0 Å². The predicted molar refractivity (Wildman–Crippen MR) is 87.2 cm³/mol. The second-order valence-corrected chi connectivity index (χ2v) is 5.98. The van der Waals surface area contributed by atoms with Crippen molar-refractivity contribution in [3.8, 4) is 0 Å². The highest BCUT2D eigenvalue weighted by Gasteiger charge is 2.36. The minimum Gasteiger partial charge on any atom is -0.467 e. The van der Waals surface area contributed by atoms with Crippen molar-refractivity contribution in [2.45, 2.75) is 19.0 Å². The molecular weight excluding hydrogens is 333 g/mol. The van der Waals surface area contributed by atoms with Crippen LogP contribution in [0.25, 0.3) is 0 Å². The largest absolute Gasteiger partial charge is 0.467 e. The van der Waals surface area contributed by atoms with Crippen molar-refractivity contribution >= 4 is 23.5 Å². The van der Waals surface area contributed by atoms with Gasteiger partial charge in [0.25, 0.3) is 5.91 Å². The van der Waals surface area contributed by atoms with Gasteiger partial charge < -0.3 is 9.64 Å². The molecule has 0 bridgehead atoms. The molecule has 1 amide bonds. The number of carbonyl (C=O) groups is 2. The van der Waals surface area contributed by atoms with Gasteiger partial charge in [0, 0.05) is 13.0 Å². The molecule has 1 atom stereocenters. The minimum atomic E-state index is -0.737. The van der Waals surface area contributed by atoms with Crippen LogP contribution in [0.1, 0.15) is 21.5 Å². The summed E-state index contributed by atoms with van der Waals surface area (Å²) in [4.78, 5) is 26.5. The maximum atomic E-state index is 13.2. The Morgan fingerprint density at radius 3 is 2.58 bits per heavy atom. The normalized spacial score (nSPS) is 16.5. The lowest BCUT2D eigenvalue weighted by atomic mass is 9.93. The van der Waals surface area contributed by atoms with Crippen molar-refractivity contribution in [3.05, 3.63) is 70.0 Å². The molecule has 0 aliphatic carbocycles. The Hall–Kier alpha value is -2.40. The zero-order valence-electron chi connectivity index (χ0n) is 13.0. The zero-order chi connectivity index (χ0) is 17.3. The smallest absolute Gasteiger partial charge is 0.328 e. The molecule has 2 aromatic rings. The Bertz CT molecular complexity index is 809. The van der Waals surface area contributed by atoms with Crippen molar-refractivity contribution in [1.29, 1.82) is 0 Å². The average Bonchev–Trinajstić information content (AvgIpc) is 2.59. The van der Waals surface area contributed by atoms with Gasteiger partial charge in [-0.3, -0.25) is 4.79 Å². The first-order valence-corrected chi connectivity index (χ1v) is 7.79. The van der Waals surface area contributed by atoms with Gasteiger partial charge in [0.15, 0.2) is 0 Å². The van der Waals surface area contributed by atoms with E-state index in [0.29, 0.717) is 6.42 Å². The summed E-state index contributed by atoms with van der Waals surface area (Å²) in [5, 5.41) is 0.0162. The lowest BCUT2D eigenvalue weighted by Gasteiger charge is -2.35. The number of carbonyl (C=O) groups excluding carboxylic acids is 2. The molecule has 1 aliphatic rings. The van der Waals surface area contributed by atoms with Crippen LogP contribution in [-0.2, 0) is 22.5 Å². The number of amides is 1. The molecule has 0 unspecified atom stereocenters. The van der Waals surface area contributed by atoms with Crippen LogP contribution in [0.5, 0.6) is 0 Å². The maximum Gasteiger partial charge on any atom is 0.328 e. The average molecular weight is 348 g/mol. The molecule has 24 heavy (non-hydrogen) atoms. The molecular formula is C18H15ClFNO3. The fraction of sp³-hybridized carbons (Fsp3) is 0.222. The summed E-state index contributed by atoms with van der Waals surface area (Å²) in [5.74, 6) is -1.44. The summed E-state index contributed by atoms with van der Waals surface area (Å²) >= 11 is 6.00. The van der Waals surface area contributed by atoms with Gasteiger partial charge in [0.05, 0.1) is 17.7 Å². The number of hydrogen-bond donors (Lipinski definition) is 0. The summed E-state index contributed by atoms with van der Waals surface area (Å²) in [6.45, 7) is 0.266. The molecule has 6 heteroatoms. The number of ether oxygens (including phenoxy) is 1. The predicted octanol–water partition coefficient (Wildman–Crippen LogP) is 3.22. The van der Waals surface area contributed by atoms with E-state index >= 15 is 0 Å². The molecule has 0 aromatic heterocycles. The Morgan fingerprint density at radius 1 is 1.21 bits per heavy atom. The monoisotopic (exact) mass is 347 g/mol. The molecule has 0 saturated carbocycles. The summed E-state index contributed by atoms with van der Waals surface area (Å²) in [5.41, 5.74) is 2.12. The first-order chi connectivity index (χ1) is 11.5. The second-order valence-electron chi connectivity index (χ2n) is 5.57. The molecule has 0 spiro atoms. The Morgan fingerprint density at radius 2 is 1.92 bits per heavy atom. The van der Waals surface area contributed by atoms with E-state index in [1.165, 1.54) is 24.1 Å². The number of halogens is 2. The third-order valence-electron chi connectivity index (χ3n) is 4.14. The van der Waals surface area contributed by atoms with Crippen molar-refractivity contribution in [2.75, 3.05) is 7.11 Å². The number of rotatable bonds is 2. The highest BCUT2D eigenvalue weighted by atomic mass is 35.5. The van der Waals surface area contributed by atoms with Gasteiger partial charge in [0.1, 0.15) is 11.9 Å². The molecule has 0 N–H and O–H groups in total. The van der Waals surface area contributed by atoms with Gasteiger partial charge in [-0.1, -0.05) is 35.9 Å². The quantitative estimate of drug-likeness (QED) is 0.784. The fourth-order valence-electron chi connectivity index (χ4n) is 2.90. The highest BCUT2D eigenvalue weighted by Crippen LogP contribution is 2.27. The summed E-state index contributed by atoms with van der Waals surface area (Å²) < 4.78 is 18.1. The van der Waals surface area contributed by atoms with E-state index in [1.54, 1.807) is 0 Å². The van der Waals surface area contributed by atoms with E-state index in [4.69, 9.17) is 16.3 Å². The molecule has 3 rings (SSSR count). The van der Waals surface area contributed by atoms with Crippen LogP contribution < -0.4 is 0 Å². The summed E-state index contributed by atoms with van der Waals surface area (Å²) in [6.07, 6.45) is 0.368. The van der Waals surface area contributed by atoms with Crippen molar-refractivity contribution < 1.29 is 18.7 Å². The third kappa shape index (κ3) is 2.99. The molecule has 0 fully saturated rings. The van der Waals surface area contributed by atoms with Crippen LogP contribution in [0.15, 0.2) is 42.5 Å². The maximum absolute atomic E-state index is 13.2. The van der Waals surface area contributed by atoms with Gasteiger partial charge in [-0.05, 0) is 29.3 Å². The minimum absolute atomic E-state index is 0.0162. The van der Waals surface area contributed by atoms with Gasteiger partial charge >= 0.3 is 5.97 Å². The third-order valence-corrected chi connectivity index (χ3v) is 4.46. The van der Waals surface area contributed by atoms with E-state index < -0.39 is 23.7 Å². The zero-order valence-corrected chi connectivity index (χ0v) is 13.7. The number of benzene rings is 2. The number of esters is 1. The van der Waals surface area contributed by atoms with Crippen molar-refractivity contribution in [3.63, 3.8) is 0 Å². The van der Waals surface area contributed by atoms with Crippen molar-refractivity contribution in [2.24, 2.45) is 0 Å². The molecule has 1 heterocycles. The SMILES string of the molecule is COC(=O)[C@H]1Cc2ccccc2CN1C(=O)c1ccc(F)cc1Cl. The molecule has 1 aliphatic heterocycles. The van der Waals surface area contributed by atoms with E-state index in [0.717, 1.165) is 17.2 Å². The standard InChI is InChI=1S/C18H15ClFNO3/c1-24-18(23)16-8-11-4-2-3-5-12(11)10-21(16)17(22)14-7-6-13(20)9-15(14)19/h2-7,9,16H,8,10H2,1H3/t16-/m1/s1. The Labute approximate surface area is 143 Å². The highest BCUT2D eigenvalue weighted by molar-refractivity contribution is 6.33. The molecule has 0 radical (unpaired) electrons. The van der Waals surface area contributed by atoms with Crippen LogP contribution >= 0.6 is 11.6 Å². The Kier molecular flexibility index (Phi) is 4.53. The molecule has 4 nitrogen and oxygen atoms in total. The lowest BCUT2D eigenvalue weighted by molar-refractivity contribution is -0.146. The summed E-state index contributed by atoms with van der Waals surface area (Å²) in [6, 6.07) is 10.5. The number of fused-ring (bicyclic) bond motifs is 1. The Balaban J connectivity index is 1.99. The van der Waals surface area contributed by atoms with E-state index in [9.17, 15) is 14.0 Å². The molecule has 124 valence electrons. The first-order valence-electron chi connectivity index (χ1n) is 7.42. The summed E-state index contributed by atoms with van der Waals surface area (Å²) in [7, 11) is 1.29. The first kappa shape index (κ1) is 16.5. The topological polar surface area (TPSA) is 46.6 Å². The van der Waals surface area contributed by atoms with Crippen molar-refractivity contribution in [1.82, 2.24) is 4.90 Å². The van der Waals surface area contributed by atoms with Crippen LogP contribution in [0.2, 0.25) is 5.02 Å². The number of nitrogens with zero attached hydrogens (tertiary/aromatic N) is 1. The van der Waals surface area contributed by atoms with Gasteiger partial charge in [0.2, 0.25) is 0 Å². The van der Waals surface area contributed by atoms with E-state index in [-0.39, 0.29) is 17.1 Å². The molecule has 2 aromatic carbocycles. The molecule has 0 saturated heterocycles. The van der Waals surface area contributed by atoms with E-state index in [1.807, 2.05) is 24.3 Å². The van der Waals surface area contributed by atoms with Gasteiger partial charge in [-0.25, -0.2) is 9.18 Å². The number of hydrogen-bond acceptors (Lipinski definition) is 3.